The first-order chi connectivity index (χ1) is 13.6. The Labute approximate surface area is 203 Å². The van der Waals surface area contributed by atoms with E-state index in [4.69, 9.17) is 5.73 Å². The quantitative estimate of drug-likeness (QED) is 0.184. The number of benzene rings is 2. The first-order valence-corrected chi connectivity index (χ1v) is 8.95. The molecule has 3 aromatic rings. The van der Waals surface area contributed by atoms with Gasteiger partial charge in [0.05, 0.1) is 17.9 Å². The van der Waals surface area contributed by atoms with Crippen LogP contribution in [0.15, 0.2) is 84.8 Å². The van der Waals surface area contributed by atoms with E-state index in [1.54, 1.807) is 18.3 Å². The molecular weight excluding hydrogens is 563 g/mol. The van der Waals surface area contributed by atoms with E-state index in [0.29, 0.717) is 0 Å². The number of aromatic amines is 1. The van der Waals surface area contributed by atoms with Gasteiger partial charge in [-0.2, -0.15) is 0 Å². The number of carbonyl (C=O) groups excluding carboxylic acids is 2. The van der Waals surface area contributed by atoms with Crippen molar-refractivity contribution in [3.05, 3.63) is 102 Å². The third-order valence-corrected chi connectivity index (χ3v) is 4.20. The molecule has 0 saturated heterocycles. The van der Waals surface area contributed by atoms with Crippen LogP contribution in [-0.4, -0.2) is 27.6 Å². The number of Topliss-reactive ketones (excluding diaryl/α,β-unsaturated/α-hetero) is 1. The molecule has 0 fully saturated rings. The summed E-state index contributed by atoms with van der Waals surface area (Å²) in [5, 5.41) is 0. The Bertz CT molecular complexity index is 986. The monoisotopic (exact) mass is 583 g/mol. The third kappa shape index (κ3) is 7.54. The summed E-state index contributed by atoms with van der Waals surface area (Å²) in [4.78, 5) is 32.6. The molecule has 160 valence electrons. The summed E-state index contributed by atoms with van der Waals surface area (Å²) in [7, 11) is 0. The molecule has 0 amide bonds. The zero-order chi connectivity index (χ0) is 19.8. The molecule has 3 rings (SSSR count). The van der Waals surface area contributed by atoms with Crippen LogP contribution >= 0.6 is 0 Å². The van der Waals surface area contributed by atoms with Crippen LogP contribution in [0.4, 0.5) is 0 Å². The van der Waals surface area contributed by atoms with Crippen LogP contribution in [0, 0.1) is 0 Å². The molecule has 0 saturated carbocycles. The predicted octanol–water partition coefficient (Wildman–Crippen LogP) is 3.21. The first-order valence-electron chi connectivity index (χ1n) is 8.95. The summed E-state index contributed by atoms with van der Waals surface area (Å²) in [6.45, 7) is 0. The second-order valence-corrected chi connectivity index (χ2v) is 6.33. The Morgan fingerprint density at radius 1 is 0.967 bits per heavy atom. The van der Waals surface area contributed by atoms with Crippen molar-refractivity contribution in [2.24, 2.45) is 5.73 Å². The number of aromatic nitrogens is 2. The van der Waals surface area contributed by atoms with Gasteiger partial charge in [0.2, 0.25) is 0 Å². The number of hydrogen-bond acceptors (Lipinski definition) is 4. The minimum absolute atomic E-state index is 0. The van der Waals surface area contributed by atoms with E-state index in [1.165, 1.54) is 12.4 Å². The summed E-state index contributed by atoms with van der Waals surface area (Å²) in [5.41, 5.74) is 8.54. The second-order valence-electron chi connectivity index (χ2n) is 6.33. The average Bonchev–Trinajstić information content (AvgIpc) is 3.24. The number of rotatable bonds is 8. The fraction of sp³-hybridized carbons (Fsp3) is 0.0870. The van der Waals surface area contributed by atoms with Gasteiger partial charge in [-0.3, -0.25) is 9.59 Å². The van der Waals surface area contributed by atoms with Gasteiger partial charge in [-0.05, 0) is 23.3 Å². The number of imidazole rings is 1. The van der Waals surface area contributed by atoms with Crippen molar-refractivity contribution >= 4 is 23.7 Å². The number of hydrogen-bond donors (Lipinski definition) is 2. The molecule has 0 spiro atoms. The van der Waals surface area contributed by atoms with Crippen LogP contribution in [0.3, 0.4) is 0 Å². The topological polar surface area (TPSA) is 88.8 Å². The van der Waals surface area contributed by atoms with Gasteiger partial charge in [0.25, 0.3) is 0 Å². The van der Waals surface area contributed by atoms with Crippen LogP contribution in [-0.2, 0) is 56.9 Å². The van der Waals surface area contributed by atoms with E-state index >= 15 is 0 Å². The Kier molecular flexibility index (Phi) is 11.3. The zero-order valence-corrected chi connectivity index (χ0v) is 19.0. The number of ketones is 2. The van der Waals surface area contributed by atoms with Gasteiger partial charge >= 0.3 is 0 Å². The normalized spacial score (nSPS) is 12.0. The van der Waals surface area contributed by atoms with Crippen molar-refractivity contribution < 1.29 is 50.4 Å². The van der Waals surface area contributed by atoms with Crippen LogP contribution < -0.4 is 5.73 Å². The molecule has 0 bridgehead atoms. The van der Waals surface area contributed by atoms with E-state index in [9.17, 15) is 9.59 Å². The molecule has 0 aliphatic heterocycles. The van der Waals surface area contributed by atoms with Crippen LogP contribution in [0.1, 0.15) is 16.8 Å². The standard InChI is InChI=1S/C23H21N3O2.2Pd/c24-21(14-19-15-25-16-26-19)23(28)20(13-18-9-5-2-6-10-18)22(27)12-11-17-7-3-1-4-8-17;;/h1-13,15-16,21H,14,24H2,(H,25,26);;/t21-;;/m0../s1. The van der Waals surface area contributed by atoms with Crippen molar-refractivity contribution in [1.29, 1.82) is 0 Å². The van der Waals surface area contributed by atoms with E-state index in [2.05, 4.69) is 9.97 Å². The summed E-state index contributed by atoms with van der Waals surface area (Å²) in [5.74, 6) is -0.779. The number of H-pyrrole nitrogens is 1. The van der Waals surface area contributed by atoms with Crippen LogP contribution in [0.2, 0.25) is 0 Å². The van der Waals surface area contributed by atoms with Gasteiger partial charge in [-0.1, -0.05) is 66.7 Å². The van der Waals surface area contributed by atoms with Crippen molar-refractivity contribution in [2.75, 3.05) is 0 Å². The fourth-order valence-electron chi connectivity index (χ4n) is 2.73. The summed E-state index contributed by atoms with van der Waals surface area (Å²) in [6, 6.07) is 17.8. The van der Waals surface area contributed by atoms with E-state index in [-0.39, 0.29) is 58.6 Å². The minimum Gasteiger partial charge on any atom is -0.348 e. The molecule has 1 heterocycles. The van der Waals surface area contributed by atoms with Gasteiger partial charge < -0.3 is 10.7 Å². The van der Waals surface area contributed by atoms with E-state index in [0.717, 1.165) is 16.8 Å². The maximum absolute atomic E-state index is 12.9. The van der Waals surface area contributed by atoms with Gasteiger partial charge in [-0.25, -0.2) is 4.98 Å². The maximum atomic E-state index is 12.9. The Balaban J connectivity index is 0.00000225. The zero-order valence-electron chi connectivity index (χ0n) is 15.9. The number of nitrogens with zero attached hydrogens (tertiary/aromatic N) is 1. The number of nitrogens with two attached hydrogens (primary N) is 1. The third-order valence-electron chi connectivity index (χ3n) is 4.20. The molecule has 1 atom stereocenters. The Hall–Kier alpha value is -2.25. The summed E-state index contributed by atoms with van der Waals surface area (Å²) >= 11 is 0. The first kappa shape index (κ1) is 25.8. The average molecular weight is 584 g/mol. The van der Waals surface area contributed by atoms with Crippen molar-refractivity contribution in [3.8, 4) is 0 Å². The number of carbonyl (C=O) groups is 2. The van der Waals surface area contributed by atoms with Crippen LogP contribution in [0.25, 0.3) is 12.2 Å². The van der Waals surface area contributed by atoms with Crippen molar-refractivity contribution in [2.45, 2.75) is 12.5 Å². The molecule has 0 radical (unpaired) electrons. The minimum atomic E-state index is -0.843. The molecule has 0 aliphatic carbocycles. The van der Waals surface area contributed by atoms with E-state index in [1.807, 2.05) is 60.7 Å². The molecule has 0 aliphatic rings. The van der Waals surface area contributed by atoms with Gasteiger partial charge in [-0.15, -0.1) is 0 Å². The molecule has 30 heavy (non-hydrogen) atoms. The van der Waals surface area contributed by atoms with Gasteiger partial charge in [0, 0.05) is 59.2 Å². The Morgan fingerprint density at radius 2 is 1.57 bits per heavy atom. The maximum Gasteiger partial charge on any atom is 0.189 e. The molecule has 5 nitrogen and oxygen atoms in total. The molecule has 1 aromatic heterocycles. The molecule has 3 N–H and O–H groups in total. The fourth-order valence-corrected chi connectivity index (χ4v) is 2.73. The molecule has 7 heteroatoms. The van der Waals surface area contributed by atoms with E-state index < -0.39 is 11.8 Å². The Morgan fingerprint density at radius 3 is 2.13 bits per heavy atom. The summed E-state index contributed by atoms with van der Waals surface area (Å²) < 4.78 is 0. The smallest absolute Gasteiger partial charge is 0.189 e. The van der Waals surface area contributed by atoms with Crippen molar-refractivity contribution in [3.63, 3.8) is 0 Å². The van der Waals surface area contributed by atoms with Gasteiger partial charge in [0.1, 0.15) is 0 Å². The SMILES string of the molecule is N[C@@H](Cc1cnc[nH]1)C(=O)C(=Cc1ccccc1)C(=O)C=Cc1ccccc1.[Pd].[Pd]. The molecule has 2 aromatic carbocycles. The van der Waals surface area contributed by atoms with Crippen LogP contribution in [0.5, 0.6) is 0 Å². The van der Waals surface area contributed by atoms with Crippen molar-refractivity contribution in [1.82, 2.24) is 9.97 Å². The second kappa shape index (κ2) is 13.1. The molecular formula is C23H21N3O2Pd2. The predicted molar refractivity (Wildman–Crippen MR) is 110 cm³/mol. The largest absolute Gasteiger partial charge is 0.348 e. The number of allylic oxidation sites excluding steroid dienone is 1. The van der Waals surface area contributed by atoms with Gasteiger partial charge in [0.15, 0.2) is 11.6 Å². The number of nitrogens with one attached hydrogen (secondary N) is 1. The molecule has 0 unspecified atom stereocenters. The summed E-state index contributed by atoms with van der Waals surface area (Å²) in [6.07, 6.45) is 8.11.